The molecule has 5 aliphatic rings. The average Bonchev–Trinajstić information content (AvgIpc) is 3.49. The Morgan fingerprint density at radius 2 is 1.46 bits per heavy atom. The molecule has 6 atom stereocenters. The number of para-hydroxylation sites is 1. The van der Waals surface area contributed by atoms with Gasteiger partial charge in [-0.15, -0.1) is 0 Å². The minimum absolute atomic E-state index is 0.0899. The third kappa shape index (κ3) is 5.68. The lowest BCUT2D eigenvalue weighted by Crippen LogP contribution is -2.59. The van der Waals surface area contributed by atoms with Crippen LogP contribution in [0.15, 0.2) is 127 Å². The summed E-state index contributed by atoms with van der Waals surface area (Å²) in [5.74, 6) is -3.92. The number of hydrogen-bond acceptors (Lipinski definition) is 7. The van der Waals surface area contributed by atoms with Crippen LogP contribution in [0, 0.1) is 23.7 Å². The smallest absolute Gasteiger partial charge is 0.233 e. The van der Waals surface area contributed by atoms with Crippen molar-refractivity contribution in [3.05, 3.63) is 149 Å². The lowest BCUT2D eigenvalue weighted by Gasteiger charge is -2.55. The Balaban J connectivity index is 1.14. The van der Waals surface area contributed by atoms with Gasteiger partial charge in [0.25, 0.3) is 0 Å². The molecular formula is C48H46N2O6. The molecule has 2 saturated heterocycles. The van der Waals surface area contributed by atoms with Gasteiger partial charge in [0.15, 0.2) is 23.1 Å². The van der Waals surface area contributed by atoms with Crippen molar-refractivity contribution in [3.8, 4) is 11.5 Å². The van der Waals surface area contributed by atoms with E-state index >= 15 is 9.59 Å². The number of imide groups is 1. The highest BCUT2D eigenvalue weighted by Gasteiger charge is 2.66. The summed E-state index contributed by atoms with van der Waals surface area (Å²) in [6, 6.07) is 34.2. The Kier molecular flexibility index (Phi) is 9.32. The van der Waals surface area contributed by atoms with Crippen LogP contribution in [0.2, 0.25) is 0 Å². The van der Waals surface area contributed by atoms with E-state index in [4.69, 9.17) is 4.74 Å². The number of phenolic OH excluding ortho intramolecular Hbond substituents is 1. The van der Waals surface area contributed by atoms with Crippen LogP contribution < -0.4 is 4.74 Å². The number of phenols is 1. The molecule has 3 fully saturated rings. The van der Waals surface area contributed by atoms with Crippen molar-refractivity contribution >= 4 is 29.0 Å². The molecule has 284 valence electrons. The van der Waals surface area contributed by atoms with E-state index < -0.39 is 35.0 Å². The normalized spacial score (nSPS) is 27.9. The average molecular weight is 747 g/mol. The SMILES string of the molecule is CCOc1cccc(C2C3=CCC4C(=O)N(C5CCN(Cc6ccccc6)CC5)C(=O)C4C3CC3C(=O)C(c4ccccc4)=CC(=O)C32c2ccccc2)c1O. The molecule has 0 spiro atoms. The van der Waals surface area contributed by atoms with Crippen LogP contribution in [0.25, 0.3) is 5.57 Å². The summed E-state index contributed by atoms with van der Waals surface area (Å²) in [6.45, 7) is 4.55. The monoisotopic (exact) mass is 746 g/mol. The number of benzene rings is 4. The zero-order valence-electron chi connectivity index (χ0n) is 31.6. The topological polar surface area (TPSA) is 104 Å². The molecule has 1 N–H and O–H groups in total. The zero-order valence-corrected chi connectivity index (χ0v) is 31.6. The highest BCUT2D eigenvalue weighted by molar-refractivity contribution is 6.31. The zero-order chi connectivity index (χ0) is 38.6. The first kappa shape index (κ1) is 36.1. The third-order valence-electron chi connectivity index (χ3n) is 13.2. The number of carbonyl (C=O) groups is 4. The number of piperidine rings is 1. The van der Waals surface area contributed by atoms with Crippen LogP contribution in [0.1, 0.15) is 60.8 Å². The number of rotatable bonds is 8. The van der Waals surface area contributed by atoms with Crippen LogP contribution in [-0.2, 0) is 31.1 Å². The van der Waals surface area contributed by atoms with E-state index in [2.05, 4.69) is 23.1 Å². The molecule has 4 aromatic carbocycles. The number of Topliss-reactive ketones (excluding diaryl/α,β-unsaturated/α-hetero) is 1. The second-order valence-electron chi connectivity index (χ2n) is 16.0. The van der Waals surface area contributed by atoms with Gasteiger partial charge in [0, 0.05) is 48.6 Å². The molecule has 0 aromatic heterocycles. The molecule has 0 bridgehead atoms. The minimum Gasteiger partial charge on any atom is -0.504 e. The van der Waals surface area contributed by atoms with Crippen LogP contribution >= 0.6 is 0 Å². The first-order valence-corrected chi connectivity index (χ1v) is 20.0. The van der Waals surface area contributed by atoms with E-state index in [1.54, 1.807) is 17.0 Å². The fraction of sp³-hybridized carbons (Fsp3) is 0.333. The predicted octanol–water partition coefficient (Wildman–Crippen LogP) is 7.28. The molecule has 2 amide bonds. The van der Waals surface area contributed by atoms with Crippen molar-refractivity contribution in [2.24, 2.45) is 23.7 Å². The van der Waals surface area contributed by atoms with Gasteiger partial charge in [0.1, 0.15) is 0 Å². The van der Waals surface area contributed by atoms with Gasteiger partial charge in [0.2, 0.25) is 11.8 Å². The first-order valence-electron chi connectivity index (χ1n) is 20.0. The second-order valence-corrected chi connectivity index (χ2v) is 16.0. The Bertz CT molecular complexity index is 2240. The molecule has 8 heteroatoms. The highest BCUT2D eigenvalue weighted by atomic mass is 16.5. The van der Waals surface area contributed by atoms with Crippen molar-refractivity contribution in [2.75, 3.05) is 19.7 Å². The molecule has 2 aliphatic heterocycles. The van der Waals surface area contributed by atoms with E-state index in [1.807, 2.05) is 91.9 Å². The maximum absolute atomic E-state index is 15.3. The summed E-state index contributed by atoms with van der Waals surface area (Å²) < 4.78 is 5.88. The molecule has 3 aliphatic carbocycles. The van der Waals surface area contributed by atoms with Gasteiger partial charge < -0.3 is 9.84 Å². The van der Waals surface area contributed by atoms with Crippen LogP contribution in [0.4, 0.5) is 0 Å². The van der Waals surface area contributed by atoms with Gasteiger partial charge in [-0.05, 0) is 67.4 Å². The summed E-state index contributed by atoms with van der Waals surface area (Å²) in [6.07, 6.45) is 5.52. The Hall–Kier alpha value is -5.60. The summed E-state index contributed by atoms with van der Waals surface area (Å²) >= 11 is 0. The summed E-state index contributed by atoms with van der Waals surface area (Å²) in [7, 11) is 0. The largest absolute Gasteiger partial charge is 0.504 e. The van der Waals surface area contributed by atoms with Crippen molar-refractivity contribution < 1.29 is 29.0 Å². The Morgan fingerprint density at radius 3 is 2.16 bits per heavy atom. The molecule has 8 nitrogen and oxygen atoms in total. The molecule has 4 aromatic rings. The predicted molar refractivity (Wildman–Crippen MR) is 212 cm³/mol. The van der Waals surface area contributed by atoms with Gasteiger partial charge in [-0.1, -0.05) is 115 Å². The number of hydrogen-bond donors (Lipinski definition) is 1. The summed E-state index contributed by atoms with van der Waals surface area (Å²) in [5, 5.41) is 12.0. The number of nitrogens with zero attached hydrogens (tertiary/aromatic N) is 2. The van der Waals surface area contributed by atoms with Crippen LogP contribution in [0.3, 0.4) is 0 Å². The Labute approximate surface area is 327 Å². The molecule has 0 radical (unpaired) electrons. The Morgan fingerprint density at radius 1 is 0.786 bits per heavy atom. The lowest BCUT2D eigenvalue weighted by molar-refractivity contribution is -0.144. The number of ether oxygens (including phenoxy) is 1. The number of allylic oxidation sites excluding steroid dienone is 4. The standard InChI is InChI=1S/C48H46N2O6/c1-2-56-40-20-12-19-36(45(40)53)43-34-21-22-35-42(47(55)50(46(35)54)33-23-25-49(26-24-33)29-30-13-6-3-7-14-30)38(34)27-39-44(52)37(31-15-8-4-9-16-31)28-41(51)48(39,43)32-17-10-5-11-18-32/h3-21,28,33,35,38-39,42-43,53H,2,22-27,29H2,1H3. The highest BCUT2D eigenvalue weighted by Crippen LogP contribution is 2.65. The molecule has 2 heterocycles. The molecular weight excluding hydrogens is 701 g/mol. The van der Waals surface area contributed by atoms with Crippen molar-refractivity contribution in [3.63, 3.8) is 0 Å². The molecule has 1 saturated carbocycles. The van der Waals surface area contributed by atoms with E-state index in [9.17, 15) is 14.7 Å². The number of ketones is 2. The van der Waals surface area contributed by atoms with E-state index in [1.165, 1.54) is 11.6 Å². The second kappa shape index (κ2) is 14.5. The quantitative estimate of drug-likeness (QED) is 0.149. The first-order chi connectivity index (χ1) is 27.3. The van der Waals surface area contributed by atoms with E-state index in [0.29, 0.717) is 48.1 Å². The number of likely N-dealkylation sites (tertiary alicyclic amines) is 2. The minimum atomic E-state index is -1.43. The summed E-state index contributed by atoms with van der Waals surface area (Å²) in [4.78, 5) is 63.8. The molecule has 9 rings (SSSR count). The maximum Gasteiger partial charge on any atom is 0.233 e. The molecule has 56 heavy (non-hydrogen) atoms. The number of fused-ring (bicyclic) bond motifs is 4. The van der Waals surface area contributed by atoms with Crippen LogP contribution in [-0.4, -0.2) is 64.0 Å². The van der Waals surface area contributed by atoms with Gasteiger partial charge >= 0.3 is 0 Å². The summed E-state index contributed by atoms with van der Waals surface area (Å²) in [5.41, 5.74) is 2.79. The van der Waals surface area contributed by atoms with E-state index in [-0.39, 0.29) is 47.3 Å². The fourth-order valence-corrected chi connectivity index (χ4v) is 10.8. The maximum atomic E-state index is 15.3. The number of aromatic hydroxyl groups is 1. The van der Waals surface area contributed by atoms with E-state index in [0.717, 1.165) is 25.2 Å². The van der Waals surface area contributed by atoms with Crippen molar-refractivity contribution in [1.82, 2.24) is 9.80 Å². The van der Waals surface area contributed by atoms with Gasteiger partial charge in [-0.2, -0.15) is 0 Å². The van der Waals surface area contributed by atoms with Gasteiger partial charge in [-0.25, -0.2) is 0 Å². The number of amides is 2. The molecule has 6 unspecified atom stereocenters. The van der Waals surface area contributed by atoms with Crippen molar-refractivity contribution in [1.29, 1.82) is 0 Å². The lowest BCUT2D eigenvalue weighted by atomic mass is 9.44. The van der Waals surface area contributed by atoms with Crippen LogP contribution in [0.5, 0.6) is 11.5 Å². The fourth-order valence-electron chi connectivity index (χ4n) is 10.8. The van der Waals surface area contributed by atoms with Crippen molar-refractivity contribution in [2.45, 2.75) is 56.5 Å². The third-order valence-corrected chi connectivity index (χ3v) is 13.2. The van der Waals surface area contributed by atoms with Gasteiger partial charge in [-0.3, -0.25) is 29.0 Å². The number of carbonyl (C=O) groups excluding carboxylic acids is 4. The van der Waals surface area contributed by atoms with Gasteiger partial charge in [0.05, 0.1) is 23.9 Å².